The topological polar surface area (TPSA) is 89.2 Å². The van der Waals surface area contributed by atoms with Crippen molar-refractivity contribution in [3.05, 3.63) is 76.2 Å². The smallest absolute Gasteiger partial charge is 0.337 e. The van der Waals surface area contributed by atoms with Crippen molar-refractivity contribution in [2.24, 2.45) is 5.73 Å². The molecule has 1 atom stereocenters. The van der Waals surface area contributed by atoms with E-state index in [4.69, 9.17) is 14.9 Å². The summed E-state index contributed by atoms with van der Waals surface area (Å²) < 4.78 is 10.7. The molecule has 2 N–H and O–H groups in total. The summed E-state index contributed by atoms with van der Waals surface area (Å²) in [6, 6.07) is 15.2. The van der Waals surface area contributed by atoms with Gasteiger partial charge in [0.25, 0.3) is 0 Å². The highest BCUT2D eigenvalue weighted by atomic mass is 32.2. The summed E-state index contributed by atoms with van der Waals surface area (Å²) in [7, 11) is 0. The molecule has 0 radical (unpaired) electrons. The maximum Gasteiger partial charge on any atom is 0.337 e. The Morgan fingerprint density at radius 3 is 2.68 bits per heavy atom. The number of nitrogens with zero attached hydrogens (tertiary/aromatic N) is 1. The van der Waals surface area contributed by atoms with Crippen molar-refractivity contribution in [1.29, 1.82) is 5.26 Å². The summed E-state index contributed by atoms with van der Waals surface area (Å²) in [5.41, 5.74) is 7.74. The third-order valence-corrected chi connectivity index (χ3v) is 4.88. The van der Waals surface area contributed by atoms with E-state index in [1.54, 1.807) is 19.1 Å². The Labute approximate surface area is 149 Å². The average Bonchev–Trinajstić information content (AvgIpc) is 3.16. The molecule has 25 heavy (non-hydrogen) atoms. The van der Waals surface area contributed by atoms with Crippen molar-refractivity contribution in [1.82, 2.24) is 0 Å². The first kappa shape index (κ1) is 16.9. The van der Waals surface area contributed by atoms with Gasteiger partial charge >= 0.3 is 5.97 Å². The van der Waals surface area contributed by atoms with Crippen molar-refractivity contribution in [3.63, 3.8) is 0 Å². The van der Waals surface area contributed by atoms with Gasteiger partial charge in [-0.25, -0.2) is 4.79 Å². The maximum absolute atomic E-state index is 12.5. The molecule has 0 fully saturated rings. The molecule has 1 aliphatic rings. The first-order chi connectivity index (χ1) is 12.2. The standard InChI is InChI=1S/C19H16N2O3S/c1-2-23-19(22)16-15(14-9-6-10-24-14)13(11-20)17(25-18(16)21)12-7-4-3-5-8-12/h3-10,15H,2,21H2,1H3/t15-/m1/s1. The van der Waals surface area contributed by atoms with E-state index in [0.29, 0.717) is 16.4 Å². The van der Waals surface area contributed by atoms with Crippen LogP contribution in [0.25, 0.3) is 4.91 Å². The number of rotatable bonds is 4. The molecule has 5 nitrogen and oxygen atoms in total. The molecule has 0 saturated heterocycles. The number of carbonyl (C=O) groups excluding carboxylic acids is 1. The molecule has 3 rings (SSSR count). The van der Waals surface area contributed by atoms with Crippen LogP contribution in [-0.2, 0) is 9.53 Å². The van der Waals surface area contributed by atoms with Gasteiger partial charge in [0.1, 0.15) is 5.76 Å². The summed E-state index contributed by atoms with van der Waals surface area (Å²) in [4.78, 5) is 13.2. The Balaban J connectivity index is 2.19. The number of furan rings is 1. The third-order valence-electron chi connectivity index (χ3n) is 3.78. The summed E-state index contributed by atoms with van der Waals surface area (Å²) in [6.07, 6.45) is 1.51. The van der Waals surface area contributed by atoms with E-state index in [-0.39, 0.29) is 12.2 Å². The summed E-state index contributed by atoms with van der Waals surface area (Å²) in [6.45, 7) is 1.95. The number of benzene rings is 1. The van der Waals surface area contributed by atoms with Gasteiger partial charge < -0.3 is 14.9 Å². The van der Waals surface area contributed by atoms with Gasteiger partial charge in [0.15, 0.2) is 0 Å². The molecule has 0 unspecified atom stereocenters. The van der Waals surface area contributed by atoms with Crippen molar-refractivity contribution in [2.45, 2.75) is 12.8 Å². The largest absolute Gasteiger partial charge is 0.468 e. The number of esters is 1. The van der Waals surface area contributed by atoms with E-state index < -0.39 is 11.9 Å². The normalized spacial score (nSPS) is 17.4. The van der Waals surface area contributed by atoms with Crippen molar-refractivity contribution in [3.8, 4) is 6.07 Å². The van der Waals surface area contributed by atoms with E-state index in [9.17, 15) is 10.1 Å². The fourth-order valence-corrected chi connectivity index (χ4v) is 3.78. The van der Waals surface area contributed by atoms with Crippen molar-refractivity contribution < 1.29 is 13.9 Å². The van der Waals surface area contributed by atoms with Gasteiger partial charge in [-0.2, -0.15) is 5.26 Å². The van der Waals surface area contributed by atoms with E-state index in [2.05, 4.69) is 6.07 Å². The number of ether oxygens (including phenoxy) is 1. The summed E-state index contributed by atoms with van der Waals surface area (Å²) in [5.74, 6) is -0.736. The highest BCUT2D eigenvalue weighted by Gasteiger charge is 2.38. The van der Waals surface area contributed by atoms with Crippen molar-refractivity contribution in [2.75, 3.05) is 6.61 Å². The molecule has 0 spiro atoms. The molecule has 0 amide bonds. The van der Waals surface area contributed by atoms with Gasteiger partial charge in [0, 0.05) is 4.91 Å². The van der Waals surface area contributed by atoms with Crippen LogP contribution < -0.4 is 5.73 Å². The minimum absolute atomic E-state index is 0.225. The lowest BCUT2D eigenvalue weighted by Gasteiger charge is -2.26. The van der Waals surface area contributed by atoms with Crippen molar-refractivity contribution >= 4 is 22.6 Å². The number of nitrogens with two attached hydrogens (primary N) is 1. The Morgan fingerprint density at radius 2 is 2.08 bits per heavy atom. The molecule has 1 aliphatic heterocycles. The van der Waals surface area contributed by atoms with E-state index >= 15 is 0 Å². The monoisotopic (exact) mass is 352 g/mol. The number of nitriles is 1. The van der Waals surface area contributed by atoms with Crippen LogP contribution in [0.5, 0.6) is 0 Å². The highest BCUT2D eigenvalue weighted by Crippen LogP contribution is 2.49. The van der Waals surface area contributed by atoms with Crippen LogP contribution in [0.4, 0.5) is 0 Å². The highest BCUT2D eigenvalue weighted by molar-refractivity contribution is 8.11. The van der Waals surface area contributed by atoms with E-state index in [1.807, 2.05) is 30.3 Å². The van der Waals surface area contributed by atoms with Crippen LogP contribution in [0, 0.1) is 11.3 Å². The first-order valence-corrected chi connectivity index (χ1v) is 8.56. The molecular formula is C19H16N2O3S. The van der Waals surface area contributed by atoms with Crippen LogP contribution in [0.2, 0.25) is 0 Å². The van der Waals surface area contributed by atoms with Crippen LogP contribution in [0.15, 0.2) is 69.3 Å². The minimum atomic E-state index is -0.685. The molecular weight excluding hydrogens is 336 g/mol. The second-order valence-corrected chi connectivity index (χ2v) is 6.32. The van der Waals surface area contributed by atoms with Crippen LogP contribution >= 0.6 is 11.8 Å². The Hall–Kier alpha value is -2.91. The third kappa shape index (κ3) is 3.19. The van der Waals surface area contributed by atoms with E-state index in [0.717, 1.165) is 10.5 Å². The summed E-state index contributed by atoms with van der Waals surface area (Å²) >= 11 is 1.21. The van der Waals surface area contributed by atoms with Gasteiger partial charge in [-0.1, -0.05) is 42.1 Å². The molecule has 0 saturated carbocycles. The van der Waals surface area contributed by atoms with Gasteiger partial charge in [-0.3, -0.25) is 0 Å². The number of hydrogen-bond donors (Lipinski definition) is 1. The second-order valence-electron chi connectivity index (χ2n) is 5.27. The lowest BCUT2D eigenvalue weighted by Crippen LogP contribution is -2.23. The van der Waals surface area contributed by atoms with Gasteiger partial charge in [0.05, 0.1) is 41.0 Å². The molecule has 0 aliphatic carbocycles. The number of hydrogen-bond acceptors (Lipinski definition) is 6. The molecule has 6 heteroatoms. The number of carbonyl (C=O) groups is 1. The minimum Gasteiger partial charge on any atom is -0.468 e. The molecule has 1 aromatic carbocycles. The van der Waals surface area contributed by atoms with Crippen LogP contribution in [0.1, 0.15) is 24.2 Å². The predicted octanol–water partition coefficient (Wildman–Crippen LogP) is 3.78. The first-order valence-electron chi connectivity index (χ1n) is 7.75. The number of allylic oxidation sites excluding steroid dienone is 1. The zero-order chi connectivity index (χ0) is 17.8. The Kier molecular flexibility index (Phi) is 4.96. The van der Waals surface area contributed by atoms with Gasteiger partial charge in [-0.15, -0.1) is 0 Å². The quantitative estimate of drug-likeness (QED) is 0.842. The zero-order valence-corrected chi connectivity index (χ0v) is 14.4. The lowest BCUT2D eigenvalue weighted by atomic mass is 9.87. The molecule has 2 heterocycles. The van der Waals surface area contributed by atoms with Gasteiger partial charge in [-0.05, 0) is 24.6 Å². The molecule has 0 bridgehead atoms. The van der Waals surface area contributed by atoms with Crippen LogP contribution in [-0.4, -0.2) is 12.6 Å². The Morgan fingerprint density at radius 1 is 1.32 bits per heavy atom. The SMILES string of the molecule is CCOC(=O)C1=C(N)SC(c2ccccc2)=C(C#N)[C@@H]1c1ccco1. The molecule has 126 valence electrons. The molecule has 2 aromatic rings. The van der Waals surface area contributed by atoms with E-state index in [1.165, 1.54) is 18.0 Å². The number of thioether (sulfide) groups is 1. The summed E-state index contributed by atoms with van der Waals surface area (Å²) in [5, 5.41) is 10.1. The maximum atomic E-state index is 12.5. The molecule has 1 aromatic heterocycles. The Bertz CT molecular complexity index is 877. The van der Waals surface area contributed by atoms with Gasteiger partial charge in [0.2, 0.25) is 0 Å². The average molecular weight is 352 g/mol. The zero-order valence-electron chi connectivity index (χ0n) is 13.6. The second kappa shape index (κ2) is 7.32. The fourth-order valence-electron chi connectivity index (χ4n) is 2.72. The fraction of sp³-hybridized carbons (Fsp3) is 0.158. The lowest BCUT2D eigenvalue weighted by molar-refractivity contribution is -0.138. The van der Waals surface area contributed by atoms with Crippen LogP contribution in [0.3, 0.4) is 0 Å². The predicted molar refractivity (Wildman–Crippen MR) is 95.9 cm³/mol.